The van der Waals surface area contributed by atoms with Crippen LogP contribution in [0.5, 0.6) is 0 Å². The first kappa shape index (κ1) is 11.7. The van der Waals surface area contributed by atoms with E-state index in [1.54, 1.807) is 0 Å². The van der Waals surface area contributed by atoms with E-state index >= 15 is 0 Å². The lowest BCUT2D eigenvalue weighted by molar-refractivity contribution is 0.0547. The maximum atomic E-state index is 2.70. The second kappa shape index (κ2) is 4.71. The molecular weight excluding hydrogens is 228 g/mol. The van der Waals surface area contributed by atoms with Crippen LogP contribution in [0, 0.1) is 6.92 Å². The summed E-state index contributed by atoms with van der Waals surface area (Å²) in [7, 11) is 0. The molecule has 1 aromatic rings. The van der Waals surface area contributed by atoms with Crippen LogP contribution >= 0.6 is 11.3 Å². The molecule has 0 bridgehead atoms. The number of aryl methyl sites for hydroxylation is 1. The Hall–Kier alpha value is -0.380. The molecule has 94 valence electrons. The Balaban J connectivity index is 1.66. The molecule has 2 saturated heterocycles. The minimum atomic E-state index is 0.715. The molecule has 0 N–H and O–H groups in total. The zero-order chi connectivity index (χ0) is 11.8. The average molecular weight is 250 g/mol. The van der Waals surface area contributed by atoms with Crippen molar-refractivity contribution in [2.75, 3.05) is 19.6 Å². The third-order valence-electron chi connectivity index (χ3n) is 4.22. The standard InChI is InChI=1S/C14H22N2S/c1-11-8-15-7-3-4-13(15)9-16(11)10-14-6-5-12(2)17-14/h5-6,11,13H,3-4,7-10H2,1-2H3/t11-,13-/m1/s1. The molecule has 3 heterocycles. The van der Waals surface area contributed by atoms with Crippen molar-refractivity contribution < 1.29 is 0 Å². The smallest absolute Gasteiger partial charge is 0.0332 e. The molecule has 0 amide bonds. The van der Waals surface area contributed by atoms with E-state index in [1.165, 1.54) is 42.2 Å². The van der Waals surface area contributed by atoms with Crippen LogP contribution in [0.3, 0.4) is 0 Å². The molecule has 17 heavy (non-hydrogen) atoms. The van der Waals surface area contributed by atoms with E-state index in [2.05, 4.69) is 35.8 Å². The van der Waals surface area contributed by atoms with Gasteiger partial charge in [0.15, 0.2) is 0 Å². The molecule has 0 saturated carbocycles. The first-order valence-electron chi connectivity index (χ1n) is 6.76. The molecule has 2 aliphatic rings. The second-order valence-corrected chi connectivity index (χ2v) is 6.95. The van der Waals surface area contributed by atoms with Gasteiger partial charge in [-0.15, -0.1) is 11.3 Å². The lowest BCUT2D eigenvalue weighted by Crippen LogP contribution is -2.54. The van der Waals surface area contributed by atoms with Gasteiger partial charge in [0.2, 0.25) is 0 Å². The molecule has 0 aliphatic carbocycles. The van der Waals surface area contributed by atoms with Crippen molar-refractivity contribution in [2.24, 2.45) is 0 Å². The summed E-state index contributed by atoms with van der Waals surface area (Å²) in [5.74, 6) is 0. The third kappa shape index (κ3) is 2.42. The molecular formula is C14H22N2S. The fourth-order valence-electron chi connectivity index (χ4n) is 3.24. The van der Waals surface area contributed by atoms with Crippen molar-refractivity contribution in [1.29, 1.82) is 0 Å². The number of piperazine rings is 1. The van der Waals surface area contributed by atoms with Crippen LogP contribution in [0.25, 0.3) is 0 Å². The van der Waals surface area contributed by atoms with E-state index in [0.717, 1.165) is 12.6 Å². The lowest BCUT2D eigenvalue weighted by Gasteiger charge is -2.42. The Bertz CT molecular complexity index is 387. The summed E-state index contributed by atoms with van der Waals surface area (Å²) in [6, 6.07) is 6.10. The topological polar surface area (TPSA) is 6.48 Å². The van der Waals surface area contributed by atoms with Gasteiger partial charge >= 0.3 is 0 Å². The molecule has 2 atom stereocenters. The van der Waals surface area contributed by atoms with Crippen molar-refractivity contribution in [3.63, 3.8) is 0 Å². The van der Waals surface area contributed by atoms with E-state index in [9.17, 15) is 0 Å². The van der Waals surface area contributed by atoms with E-state index in [1.807, 2.05) is 11.3 Å². The van der Waals surface area contributed by atoms with Gasteiger partial charge in [-0.2, -0.15) is 0 Å². The maximum Gasteiger partial charge on any atom is 0.0332 e. The summed E-state index contributed by atoms with van der Waals surface area (Å²) in [5, 5.41) is 0. The summed E-state index contributed by atoms with van der Waals surface area (Å²) in [6.45, 7) is 9.62. The number of rotatable bonds is 2. The molecule has 0 radical (unpaired) electrons. The number of nitrogens with zero attached hydrogens (tertiary/aromatic N) is 2. The minimum Gasteiger partial charge on any atom is -0.298 e. The molecule has 3 heteroatoms. The van der Waals surface area contributed by atoms with Crippen LogP contribution in [0.2, 0.25) is 0 Å². The van der Waals surface area contributed by atoms with Gasteiger partial charge in [-0.25, -0.2) is 0 Å². The zero-order valence-electron chi connectivity index (χ0n) is 10.9. The highest BCUT2D eigenvalue weighted by Crippen LogP contribution is 2.27. The summed E-state index contributed by atoms with van der Waals surface area (Å²) in [5.41, 5.74) is 0. The van der Waals surface area contributed by atoms with Gasteiger partial charge in [0.05, 0.1) is 0 Å². The predicted octanol–water partition coefficient (Wildman–Crippen LogP) is 2.73. The first-order chi connectivity index (χ1) is 8.22. The van der Waals surface area contributed by atoms with Gasteiger partial charge < -0.3 is 0 Å². The average Bonchev–Trinajstić information content (AvgIpc) is 2.88. The monoisotopic (exact) mass is 250 g/mol. The lowest BCUT2D eigenvalue weighted by atomic mass is 10.1. The maximum absolute atomic E-state index is 2.70. The van der Waals surface area contributed by atoms with Gasteiger partial charge in [0.25, 0.3) is 0 Å². The number of hydrogen-bond acceptors (Lipinski definition) is 3. The fraction of sp³-hybridized carbons (Fsp3) is 0.714. The largest absolute Gasteiger partial charge is 0.298 e. The van der Waals surface area contributed by atoms with Gasteiger partial charge in [-0.1, -0.05) is 0 Å². The zero-order valence-corrected chi connectivity index (χ0v) is 11.7. The highest BCUT2D eigenvalue weighted by Gasteiger charge is 2.34. The summed E-state index contributed by atoms with van der Waals surface area (Å²) in [6.07, 6.45) is 2.82. The van der Waals surface area contributed by atoms with Crippen LogP contribution in [0.4, 0.5) is 0 Å². The fourth-order valence-corrected chi connectivity index (χ4v) is 4.15. The number of fused-ring (bicyclic) bond motifs is 1. The second-order valence-electron chi connectivity index (χ2n) is 5.58. The van der Waals surface area contributed by atoms with Gasteiger partial charge in [0, 0.05) is 41.5 Å². The normalized spacial score (nSPS) is 30.7. The molecule has 2 fully saturated rings. The Kier molecular flexibility index (Phi) is 3.24. The van der Waals surface area contributed by atoms with Crippen molar-refractivity contribution >= 4 is 11.3 Å². The Labute approximate surface area is 108 Å². The Morgan fingerprint density at radius 3 is 3.00 bits per heavy atom. The molecule has 2 nitrogen and oxygen atoms in total. The summed E-state index contributed by atoms with van der Waals surface area (Å²) >= 11 is 1.95. The van der Waals surface area contributed by atoms with Crippen LogP contribution in [-0.2, 0) is 6.54 Å². The van der Waals surface area contributed by atoms with Crippen molar-refractivity contribution in [3.05, 3.63) is 21.9 Å². The first-order valence-corrected chi connectivity index (χ1v) is 7.57. The van der Waals surface area contributed by atoms with Crippen LogP contribution in [0.15, 0.2) is 12.1 Å². The highest BCUT2D eigenvalue weighted by atomic mass is 32.1. The van der Waals surface area contributed by atoms with Crippen molar-refractivity contribution in [3.8, 4) is 0 Å². The van der Waals surface area contributed by atoms with E-state index < -0.39 is 0 Å². The van der Waals surface area contributed by atoms with E-state index in [0.29, 0.717) is 6.04 Å². The number of hydrogen-bond donors (Lipinski definition) is 0. The summed E-state index contributed by atoms with van der Waals surface area (Å²) < 4.78 is 0. The molecule has 2 aliphatic heterocycles. The minimum absolute atomic E-state index is 0.715. The van der Waals surface area contributed by atoms with E-state index in [-0.39, 0.29) is 0 Å². The van der Waals surface area contributed by atoms with Crippen LogP contribution in [0.1, 0.15) is 29.5 Å². The molecule has 0 spiro atoms. The van der Waals surface area contributed by atoms with E-state index in [4.69, 9.17) is 0 Å². The van der Waals surface area contributed by atoms with Crippen LogP contribution < -0.4 is 0 Å². The third-order valence-corrected chi connectivity index (χ3v) is 5.21. The SMILES string of the molecule is Cc1ccc(CN2C[C@H]3CCCN3C[C@H]2C)s1. The van der Waals surface area contributed by atoms with Gasteiger partial charge in [0.1, 0.15) is 0 Å². The Morgan fingerprint density at radius 1 is 1.35 bits per heavy atom. The molecule has 0 unspecified atom stereocenters. The summed E-state index contributed by atoms with van der Waals surface area (Å²) in [4.78, 5) is 8.34. The van der Waals surface area contributed by atoms with Crippen LogP contribution in [-0.4, -0.2) is 41.5 Å². The van der Waals surface area contributed by atoms with Crippen molar-refractivity contribution in [1.82, 2.24) is 9.80 Å². The number of thiophene rings is 1. The quantitative estimate of drug-likeness (QED) is 0.796. The Morgan fingerprint density at radius 2 is 2.24 bits per heavy atom. The van der Waals surface area contributed by atoms with Crippen molar-refractivity contribution in [2.45, 2.75) is 45.3 Å². The molecule has 0 aromatic carbocycles. The molecule has 3 rings (SSSR count). The predicted molar refractivity (Wildman–Crippen MR) is 73.5 cm³/mol. The van der Waals surface area contributed by atoms with Gasteiger partial charge in [-0.05, 0) is 45.4 Å². The van der Waals surface area contributed by atoms with Gasteiger partial charge in [-0.3, -0.25) is 9.80 Å². The molecule has 1 aromatic heterocycles. The highest BCUT2D eigenvalue weighted by molar-refractivity contribution is 7.11.